The normalized spacial score (nSPS) is 14.7. The van der Waals surface area contributed by atoms with Crippen LogP contribution in [0.2, 0.25) is 0 Å². The summed E-state index contributed by atoms with van der Waals surface area (Å²) in [6, 6.07) is 24.4. The summed E-state index contributed by atoms with van der Waals surface area (Å²) in [5.74, 6) is 1.13. The number of carbonyl (C=O) groups is 1. The van der Waals surface area contributed by atoms with Gasteiger partial charge in [-0.25, -0.2) is 4.98 Å². The molecule has 32 heavy (non-hydrogen) atoms. The molecule has 0 radical (unpaired) electrons. The van der Waals surface area contributed by atoms with Crippen LogP contribution in [0.4, 0.5) is 0 Å². The van der Waals surface area contributed by atoms with Crippen LogP contribution in [0, 0.1) is 0 Å². The molecule has 0 N–H and O–H groups in total. The lowest BCUT2D eigenvalue weighted by atomic mass is 10.2. The van der Waals surface area contributed by atoms with Gasteiger partial charge in [0.15, 0.2) is 0 Å². The number of hydrogen-bond donors (Lipinski definition) is 0. The first kappa shape index (κ1) is 20.4. The zero-order valence-electron chi connectivity index (χ0n) is 18.1. The Morgan fingerprint density at radius 3 is 2.38 bits per heavy atom. The molecule has 1 saturated heterocycles. The molecule has 5 rings (SSSR count). The van der Waals surface area contributed by atoms with Crippen LogP contribution in [0.5, 0.6) is 0 Å². The van der Waals surface area contributed by atoms with Gasteiger partial charge in [0.2, 0.25) is 5.91 Å². The van der Waals surface area contributed by atoms with Gasteiger partial charge < -0.3 is 4.90 Å². The number of carbonyl (C=O) groups excluding carboxylic acids is 1. The molecule has 0 atom stereocenters. The number of rotatable bonds is 6. The van der Waals surface area contributed by atoms with E-state index in [1.165, 1.54) is 0 Å². The predicted molar refractivity (Wildman–Crippen MR) is 125 cm³/mol. The minimum Gasteiger partial charge on any atom is -0.340 e. The lowest BCUT2D eigenvalue weighted by molar-refractivity contribution is -0.133. The van der Waals surface area contributed by atoms with Gasteiger partial charge in [0.25, 0.3) is 0 Å². The lowest BCUT2D eigenvalue weighted by Gasteiger charge is -2.34. The molecule has 1 amide bonds. The highest BCUT2D eigenvalue weighted by atomic mass is 16.2. The van der Waals surface area contributed by atoms with E-state index in [4.69, 9.17) is 4.98 Å². The largest absolute Gasteiger partial charge is 0.340 e. The first-order valence-corrected chi connectivity index (χ1v) is 11.2. The highest BCUT2D eigenvalue weighted by Crippen LogP contribution is 2.22. The fourth-order valence-electron chi connectivity index (χ4n) is 4.36. The van der Waals surface area contributed by atoms with Gasteiger partial charge in [0, 0.05) is 57.4 Å². The number of aryl methyl sites for hydroxylation is 1. The Labute approximate surface area is 188 Å². The first-order valence-electron chi connectivity index (χ1n) is 11.2. The number of imidazole rings is 1. The Kier molecular flexibility index (Phi) is 5.94. The number of aromatic nitrogens is 3. The van der Waals surface area contributed by atoms with E-state index in [0.717, 1.165) is 61.0 Å². The molecule has 4 aromatic rings. The summed E-state index contributed by atoms with van der Waals surface area (Å²) in [6.07, 6.45) is 2.92. The van der Waals surface area contributed by atoms with Crippen molar-refractivity contribution in [2.45, 2.75) is 19.4 Å². The minimum atomic E-state index is 0.203. The average molecular weight is 426 g/mol. The summed E-state index contributed by atoms with van der Waals surface area (Å²) in [4.78, 5) is 26.6. The number of hydrogen-bond acceptors (Lipinski definition) is 4. The Hall–Kier alpha value is -3.51. The van der Waals surface area contributed by atoms with E-state index in [-0.39, 0.29) is 5.91 Å². The van der Waals surface area contributed by atoms with Crippen molar-refractivity contribution >= 4 is 16.9 Å². The highest BCUT2D eigenvalue weighted by Gasteiger charge is 2.22. The minimum absolute atomic E-state index is 0.203. The quantitative estimate of drug-likeness (QED) is 0.473. The summed E-state index contributed by atoms with van der Waals surface area (Å²) in [5.41, 5.74) is 4.19. The van der Waals surface area contributed by atoms with Gasteiger partial charge in [-0.2, -0.15) is 0 Å². The number of para-hydroxylation sites is 3. The first-order chi connectivity index (χ1) is 15.8. The number of amides is 1. The number of nitrogens with zero attached hydrogens (tertiary/aromatic N) is 5. The molecule has 0 spiro atoms. The molecule has 0 saturated carbocycles. The van der Waals surface area contributed by atoms with Crippen molar-refractivity contribution in [2.24, 2.45) is 0 Å². The van der Waals surface area contributed by atoms with E-state index in [2.05, 4.69) is 38.7 Å². The molecule has 6 heteroatoms. The van der Waals surface area contributed by atoms with Gasteiger partial charge in [-0.15, -0.1) is 0 Å². The molecule has 2 aromatic carbocycles. The molecule has 1 aliphatic rings. The van der Waals surface area contributed by atoms with Crippen LogP contribution in [-0.4, -0.2) is 56.4 Å². The molecule has 0 unspecified atom stereocenters. The molecule has 1 aliphatic heterocycles. The van der Waals surface area contributed by atoms with Crippen molar-refractivity contribution in [1.29, 1.82) is 0 Å². The molecule has 162 valence electrons. The third kappa shape index (κ3) is 4.41. The van der Waals surface area contributed by atoms with Crippen molar-refractivity contribution in [3.05, 3.63) is 90.5 Å². The summed E-state index contributed by atoms with van der Waals surface area (Å²) >= 11 is 0. The smallest absolute Gasteiger partial charge is 0.223 e. The van der Waals surface area contributed by atoms with Gasteiger partial charge in [-0.05, 0) is 36.4 Å². The van der Waals surface area contributed by atoms with Crippen LogP contribution in [-0.2, 0) is 17.8 Å². The number of piperazine rings is 1. The number of fused-ring (bicyclic) bond motifs is 1. The van der Waals surface area contributed by atoms with Gasteiger partial charge in [0.1, 0.15) is 5.82 Å². The maximum absolute atomic E-state index is 13.0. The van der Waals surface area contributed by atoms with Crippen molar-refractivity contribution in [3.8, 4) is 5.69 Å². The maximum atomic E-state index is 13.0. The molecular weight excluding hydrogens is 398 g/mol. The van der Waals surface area contributed by atoms with Crippen LogP contribution in [0.25, 0.3) is 16.7 Å². The standard InChI is InChI=1S/C26H27N5O/c32-26(30-18-16-29(17-19-30)20-21-8-6-7-15-27-21)14-13-25-28-23-11-4-5-12-24(23)31(25)22-9-2-1-3-10-22/h1-12,15H,13-14,16-20H2. The van der Waals surface area contributed by atoms with Crippen LogP contribution in [0.15, 0.2) is 79.0 Å². The Morgan fingerprint density at radius 1 is 0.844 bits per heavy atom. The molecule has 1 fully saturated rings. The maximum Gasteiger partial charge on any atom is 0.223 e. The lowest BCUT2D eigenvalue weighted by Crippen LogP contribution is -2.48. The van der Waals surface area contributed by atoms with E-state index >= 15 is 0 Å². The topological polar surface area (TPSA) is 54.3 Å². The molecule has 0 aliphatic carbocycles. The van der Waals surface area contributed by atoms with Gasteiger partial charge in [-0.3, -0.25) is 19.2 Å². The van der Waals surface area contributed by atoms with E-state index in [0.29, 0.717) is 12.8 Å². The van der Waals surface area contributed by atoms with Crippen LogP contribution in [0.3, 0.4) is 0 Å². The molecule has 2 aromatic heterocycles. The second-order valence-electron chi connectivity index (χ2n) is 8.17. The van der Waals surface area contributed by atoms with Crippen molar-refractivity contribution in [3.63, 3.8) is 0 Å². The molecular formula is C26H27N5O. The van der Waals surface area contributed by atoms with Gasteiger partial charge in [-0.1, -0.05) is 36.4 Å². The summed E-state index contributed by atoms with van der Waals surface area (Å²) < 4.78 is 2.17. The monoisotopic (exact) mass is 425 g/mol. The van der Waals surface area contributed by atoms with Crippen molar-refractivity contribution in [1.82, 2.24) is 24.3 Å². The zero-order chi connectivity index (χ0) is 21.8. The highest BCUT2D eigenvalue weighted by molar-refractivity contribution is 5.79. The second kappa shape index (κ2) is 9.32. The third-order valence-electron chi connectivity index (χ3n) is 6.04. The van der Waals surface area contributed by atoms with Crippen molar-refractivity contribution < 1.29 is 4.79 Å². The summed E-state index contributed by atoms with van der Waals surface area (Å²) in [7, 11) is 0. The summed E-state index contributed by atoms with van der Waals surface area (Å²) in [5, 5.41) is 0. The molecule has 6 nitrogen and oxygen atoms in total. The Balaban J connectivity index is 1.23. The second-order valence-corrected chi connectivity index (χ2v) is 8.17. The van der Waals surface area contributed by atoms with Crippen LogP contribution in [0.1, 0.15) is 17.9 Å². The number of pyridine rings is 1. The average Bonchev–Trinajstić information content (AvgIpc) is 3.22. The van der Waals surface area contributed by atoms with Gasteiger partial charge >= 0.3 is 0 Å². The Bertz CT molecular complexity index is 1180. The van der Waals surface area contributed by atoms with Crippen LogP contribution < -0.4 is 0 Å². The van der Waals surface area contributed by atoms with Crippen LogP contribution >= 0.6 is 0 Å². The van der Waals surface area contributed by atoms with E-state index < -0.39 is 0 Å². The Morgan fingerprint density at radius 2 is 1.59 bits per heavy atom. The zero-order valence-corrected chi connectivity index (χ0v) is 18.1. The van der Waals surface area contributed by atoms with E-state index in [9.17, 15) is 4.79 Å². The van der Waals surface area contributed by atoms with E-state index in [1.807, 2.05) is 59.6 Å². The fourth-order valence-corrected chi connectivity index (χ4v) is 4.36. The fraction of sp³-hybridized carbons (Fsp3) is 0.269. The van der Waals surface area contributed by atoms with E-state index in [1.54, 1.807) is 0 Å². The predicted octanol–water partition coefficient (Wildman–Crippen LogP) is 3.70. The molecule has 3 heterocycles. The number of benzene rings is 2. The summed E-state index contributed by atoms with van der Waals surface area (Å²) in [6.45, 7) is 4.13. The third-order valence-corrected chi connectivity index (χ3v) is 6.04. The molecule has 0 bridgehead atoms. The van der Waals surface area contributed by atoms with Crippen molar-refractivity contribution in [2.75, 3.05) is 26.2 Å². The SMILES string of the molecule is O=C(CCc1nc2ccccc2n1-c1ccccc1)N1CCN(Cc2ccccn2)CC1. The van der Waals surface area contributed by atoms with Gasteiger partial charge in [0.05, 0.1) is 16.7 Å².